The number of esters is 1. The highest BCUT2D eigenvalue weighted by molar-refractivity contribution is 8.01. The van der Waals surface area contributed by atoms with E-state index in [1.807, 2.05) is 49.4 Å². The van der Waals surface area contributed by atoms with Gasteiger partial charge in [0.2, 0.25) is 5.91 Å². The van der Waals surface area contributed by atoms with Crippen LogP contribution in [0.5, 0.6) is 0 Å². The van der Waals surface area contributed by atoms with Crippen molar-refractivity contribution in [1.82, 2.24) is 5.32 Å². The second-order valence-corrected chi connectivity index (χ2v) is 9.02. The lowest BCUT2D eigenvalue weighted by atomic mass is 9.88. The van der Waals surface area contributed by atoms with E-state index in [4.69, 9.17) is 4.74 Å². The van der Waals surface area contributed by atoms with Crippen LogP contribution in [-0.2, 0) is 25.5 Å². The smallest absolute Gasteiger partial charge is 0.319 e. The number of carbonyl (C=O) groups excluding carboxylic acids is 3. The third kappa shape index (κ3) is 6.85. The molecule has 6 nitrogen and oxygen atoms in total. The van der Waals surface area contributed by atoms with E-state index < -0.39 is 11.2 Å². The summed E-state index contributed by atoms with van der Waals surface area (Å²) in [4.78, 5) is 36.5. The van der Waals surface area contributed by atoms with E-state index in [0.717, 1.165) is 30.4 Å². The van der Waals surface area contributed by atoms with Crippen LogP contribution in [0.25, 0.3) is 0 Å². The van der Waals surface area contributed by atoms with Gasteiger partial charge in [-0.1, -0.05) is 42.0 Å². The van der Waals surface area contributed by atoms with Crippen molar-refractivity contribution in [2.45, 2.75) is 44.4 Å². The van der Waals surface area contributed by atoms with Crippen molar-refractivity contribution < 1.29 is 19.1 Å². The number of hydrogen-bond acceptors (Lipinski definition) is 5. The molecule has 0 heterocycles. The lowest BCUT2D eigenvalue weighted by molar-refractivity contribution is -0.147. The van der Waals surface area contributed by atoms with Gasteiger partial charge in [-0.05, 0) is 56.4 Å². The van der Waals surface area contributed by atoms with Crippen LogP contribution < -0.4 is 10.6 Å². The number of anilines is 1. The summed E-state index contributed by atoms with van der Waals surface area (Å²) >= 11 is 1.17. The Hall–Kier alpha value is -2.80. The summed E-state index contributed by atoms with van der Waals surface area (Å²) in [5.41, 5.74) is 4.22. The molecule has 0 saturated heterocycles. The highest BCUT2D eigenvalue weighted by Gasteiger charge is 2.23. The van der Waals surface area contributed by atoms with Gasteiger partial charge >= 0.3 is 5.97 Å². The van der Waals surface area contributed by atoms with E-state index in [9.17, 15) is 14.4 Å². The summed E-state index contributed by atoms with van der Waals surface area (Å²) in [6.07, 6.45) is 2.91. The van der Waals surface area contributed by atoms with Crippen molar-refractivity contribution >= 4 is 35.2 Å². The average molecular weight is 441 g/mol. The molecule has 2 amide bonds. The lowest BCUT2D eigenvalue weighted by Gasteiger charge is -2.26. The first-order valence-electron chi connectivity index (χ1n) is 10.4. The van der Waals surface area contributed by atoms with Crippen molar-refractivity contribution in [3.8, 4) is 0 Å². The van der Waals surface area contributed by atoms with E-state index >= 15 is 0 Å². The number of rotatable bonds is 8. The average Bonchev–Trinajstić information content (AvgIpc) is 2.77. The van der Waals surface area contributed by atoms with Crippen LogP contribution >= 0.6 is 11.8 Å². The second kappa shape index (κ2) is 11.0. The topological polar surface area (TPSA) is 84.5 Å². The van der Waals surface area contributed by atoms with Crippen molar-refractivity contribution in [2.24, 2.45) is 0 Å². The summed E-state index contributed by atoms with van der Waals surface area (Å²) in [6, 6.07) is 15.5. The molecule has 2 N–H and O–H groups in total. The van der Waals surface area contributed by atoms with Crippen LogP contribution in [0.2, 0.25) is 0 Å². The Bertz CT molecular complexity index is 929. The van der Waals surface area contributed by atoms with Crippen LogP contribution in [0.15, 0.2) is 48.5 Å². The molecule has 0 bridgehead atoms. The minimum Gasteiger partial charge on any atom is -0.455 e. The maximum absolute atomic E-state index is 12.3. The minimum atomic E-state index is -0.549. The molecular formula is C24H28N2O4S. The molecule has 0 unspecified atom stereocenters. The number of nitrogens with one attached hydrogen (secondary N) is 2. The highest BCUT2D eigenvalue weighted by Crippen LogP contribution is 2.29. The Morgan fingerprint density at radius 3 is 2.61 bits per heavy atom. The molecule has 3 rings (SSSR count). The number of ether oxygens (including phenoxy) is 1. The third-order valence-corrected chi connectivity index (χ3v) is 6.30. The van der Waals surface area contributed by atoms with Crippen LogP contribution in [0.4, 0.5) is 5.69 Å². The zero-order valence-electron chi connectivity index (χ0n) is 17.9. The Labute approximate surface area is 187 Å². The molecule has 0 aromatic heterocycles. The van der Waals surface area contributed by atoms with Gasteiger partial charge in [-0.2, -0.15) is 0 Å². The molecule has 0 spiro atoms. The number of fused-ring (bicyclic) bond motifs is 1. The summed E-state index contributed by atoms with van der Waals surface area (Å²) in [5.74, 6) is -0.895. The van der Waals surface area contributed by atoms with Crippen molar-refractivity contribution in [2.75, 3.05) is 17.7 Å². The van der Waals surface area contributed by atoms with E-state index in [0.29, 0.717) is 5.69 Å². The van der Waals surface area contributed by atoms with E-state index in [1.54, 1.807) is 6.92 Å². The van der Waals surface area contributed by atoms with Crippen LogP contribution in [0.1, 0.15) is 42.5 Å². The zero-order valence-corrected chi connectivity index (χ0v) is 18.7. The fourth-order valence-corrected chi connectivity index (χ4v) is 4.17. The van der Waals surface area contributed by atoms with Gasteiger partial charge in [0.05, 0.1) is 11.8 Å². The molecule has 0 fully saturated rings. The molecule has 2 aromatic rings. The van der Waals surface area contributed by atoms with Gasteiger partial charge in [-0.3, -0.25) is 14.4 Å². The van der Waals surface area contributed by atoms with Crippen molar-refractivity contribution in [1.29, 1.82) is 0 Å². The maximum Gasteiger partial charge on any atom is 0.319 e. The maximum atomic E-state index is 12.3. The quantitative estimate of drug-likeness (QED) is 0.610. The van der Waals surface area contributed by atoms with Gasteiger partial charge in [-0.25, -0.2) is 0 Å². The number of benzene rings is 2. The van der Waals surface area contributed by atoms with Crippen LogP contribution in [-0.4, -0.2) is 35.4 Å². The zero-order chi connectivity index (χ0) is 22.2. The predicted molar refractivity (Wildman–Crippen MR) is 123 cm³/mol. The monoisotopic (exact) mass is 440 g/mol. The molecular weight excluding hydrogens is 412 g/mol. The number of carbonyl (C=O) groups is 3. The molecule has 164 valence electrons. The number of hydrogen-bond donors (Lipinski definition) is 2. The molecule has 7 heteroatoms. The van der Waals surface area contributed by atoms with Crippen molar-refractivity contribution in [3.05, 3.63) is 65.2 Å². The van der Waals surface area contributed by atoms with Gasteiger partial charge in [0.25, 0.3) is 5.91 Å². The molecule has 2 aromatic carbocycles. The lowest BCUT2D eigenvalue weighted by Crippen LogP contribution is -2.35. The highest BCUT2D eigenvalue weighted by atomic mass is 32.2. The van der Waals surface area contributed by atoms with Gasteiger partial charge < -0.3 is 15.4 Å². The fraction of sp³-hybridized carbons (Fsp3) is 0.375. The molecule has 2 atom stereocenters. The van der Waals surface area contributed by atoms with Gasteiger partial charge in [0.1, 0.15) is 5.25 Å². The molecule has 1 aliphatic carbocycles. The van der Waals surface area contributed by atoms with Crippen LogP contribution in [0.3, 0.4) is 0 Å². The first-order valence-corrected chi connectivity index (χ1v) is 11.5. The number of thioether (sulfide) groups is 1. The largest absolute Gasteiger partial charge is 0.455 e. The van der Waals surface area contributed by atoms with Gasteiger partial charge in [-0.15, -0.1) is 11.8 Å². The second-order valence-electron chi connectivity index (χ2n) is 7.69. The predicted octanol–water partition coefficient (Wildman–Crippen LogP) is 3.79. The SMILES string of the molecule is Cc1ccc(NC(=O)CS[C@@H](C)C(=O)OCC(=O)N[C@@H]2CCCc3ccccc32)cc1. The summed E-state index contributed by atoms with van der Waals surface area (Å²) < 4.78 is 5.16. The molecule has 0 saturated carbocycles. The summed E-state index contributed by atoms with van der Waals surface area (Å²) in [6.45, 7) is 3.32. The molecule has 1 aliphatic rings. The minimum absolute atomic E-state index is 0.0478. The first-order chi connectivity index (χ1) is 14.9. The summed E-state index contributed by atoms with van der Waals surface area (Å²) in [7, 11) is 0. The van der Waals surface area contributed by atoms with Crippen molar-refractivity contribution in [3.63, 3.8) is 0 Å². The Balaban J connectivity index is 1.38. The number of aryl methyl sites for hydroxylation is 2. The fourth-order valence-electron chi connectivity index (χ4n) is 3.50. The number of amides is 2. The third-order valence-electron chi connectivity index (χ3n) is 5.18. The summed E-state index contributed by atoms with van der Waals surface area (Å²) in [5, 5.41) is 5.21. The van der Waals surface area contributed by atoms with E-state index in [2.05, 4.69) is 16.7 Å². The molecule has 0 radical (unpaired) electrons. The first kappa shape index (κ1) is 22.9. The van der Waals surface area contributed by atoms with Gasteiger partial charge in [0.15, 0.2) is 6.61 Å². The van der Waals surface area contributed by atoms with E-state index in [-0.39, 0.29) is 30.2 Å². The standard InChI is InChI=1S/C24H28N2O4S/c1-16-10-12-19(13-11-16)25-23(28)15-31-17(2)24(29)30-14-22(27)26-21-9-5-7-18-6-3-4-8-20(18)21/h3-4,6,8,10-13,17,21H,5,7,9,14-15H2,1-2H3,(H,25,28)(H,26,27)/t17-,21+/m0/s1. The molecule has 0 aliphatic heterocycles. The Morgan fingerprint density at radius 2 is 1.84 bits per heavy atom. The Kier molecular flexibility index (Phi) is 8.12. The van der Waals surface area contributed by atoms with E-state index in [1.165, 1.54) is 17.3 Å². The normalized spacial score (nSPS) is 16.0. The molecule has 31 heavy (non-hydrogen) atoms. The van der Waals surface area contributed by atoms with Crippen LogP contribution in [0, 0.1) is 6.92 Å². The van der Waals surface area contributed by atoms with Gasteiger partial charge in [0, 0.05) is 5.69 Å². The Morgan fingerprint density at radius 1 is 1.10 bits per heavy atom.